The van der Waals surface area contributed by atoms with E-state index in [9.17, 15) is 9.90 Å². The van der Waals surface area contributed by atoms with E-state index in [1.54, 1.807) is 0 Å². The Bertz CT molecular complexity index is 1010. The Hall–Kier alpha value is -2.90. The maximum Gasteiger partial charge on any atom is 0.231 e. The van der Waals surface area contributed by atoms with E-state index in [0.717, 1.165) is 47.3 Å². The van der Waals surface area contributed by atoms with E-state index >= 15 is 0 Å². The fraction of sp³-hybridized carbons (Fsp3) is 0.462. The Labute approximate surface area is 195 Å². The van der Waals surface area contributed by atoms with Crippen LogP contribution in [0.2, 0.25) is 0 Å². The second kappa shape index (κ2) is 9.53. The number of benzene rings is 2. The number of amides is 1. The van der Waals surface area contributed by atoms with Crippen LogP contribution in [0.5, 0.6) is 5.75 Å². The SMILES string of the molecule is CCC1(CC)CC(=O)N(Cc2cccc(C(O)NC3CCOc4ccc(C)cc43)c2)C(=N)N1. The van der Waals surface area contributed by atoms with Gasteiger partial charge < -0.3 is 15.2 Å². The molecule has 4 rings (SSSR count). The first-order valence-electron chi connectivity index (χ1n) is 11.8. The number of carbonyl (C=O) groups is 1. The van der Waals surface area contributed by atoms with Gasteiger partial charge in [-0.05, 0) is 37.0 Å². The standard InChI is InChI=1S/C26H34N4O3/c1-4-26(5-2)15-23(31)30(25(27)29-26)16-18-7-6-8-19(14-18)24(32)28-21-11-12-33-22-10-9-17(3)13-20(21)22/h6-10,13-14,21,24,28,32H,4-5,11-12,15-16H2,1-3H3,(H2,27,29). The van der Waals surface area contributed by atoms with Crippen LogP contribution in [0.3, 0.4) is 0 Å². The third-order valence-electron chi connectivity index (χ3n) is 6.97. The van der Waals surface area contributed by atoms with Crippen molar-refractivity contribution >= 4 is 11.9 Å². The summed E-state index contributed by atoms with van der Waals surface area (Å²) in [6.07, 6.45) is 1.90. The maximum atomic E-state index is 12.8. The van der Waals surface area contributed by atoms with E-state index in [1.807, 2.05) is 57.2 Å². The summed E-state index contributed by atoms with van der Waals surface area (Å²) in [5.41, 5.74) is 3.49. The second-order valence-electron chi connectivity index (χ2n) is 9.16. The molecule has 0 radical (unpaired) electrons. The summed E-state index contributed by atoms with van der Waals surface area (Å²) in [7, 11) is 0. The number of guanidine groups is 1. The van der Waals surface area contributed by atoms with Crippen LogP contribution in [0.25, 0.3) is 0 Å². The molecule has 7 heteroatoms. The zero-order valence-corrected chi connectivity index (χ0v) is 19.6. The third-order valence-corrected chi connectivity index (χ3v) is 6.97. The predicted molar refractivity (Wildman–Crippen MR) is 128 cm³/mol. The Kier molecular flexibility index (Phi) is 6.72. The Morgan fingerprint density at radius 1 is 1.27 bits per heavy atom. The van der Waals surface area contributed by atoms with Gasteiger partial charge in [-0.3, -0.25) is 20.4 Å². The molecule has 2 aliphatic rings. The minimum Gasteiger partial charge on any atom is -0.493 e. The van der Waals surface area contributed by atoms with Crippen molar-refractivity contribution in [3.05, 3.63) is 64.7 Å². The number of ether oxygens (including phenoxy) is 1. The van der Waals surface area contributed by atoms with Crippen LogP contribution in [-0.4, -0.2) is 34.0 Å². The first-order valence-corrected chi connectivity index (χ1v) is 11.8. The Morgan fingerprint density at radius 2 is 2.06 bits per heavy atom. The second-order valence-corrected chi connectivity index (χ2v) is 9.16. The number of rotatable bonds is 7. The van der Waals surface area contributed by atoms with Gasteiger partial charge in [0.15, 0.2) is 5.96 Å². The van der Waals surface area contributed by atoms with Gasteiger partial charge in [0.2, 0.25) is 5.91 Å². The highest BCUT2D eigenvalue weighted by atomic mass is 16.5. The van der Waals surface area contributed by atoms with Gasteiger partial charge in [0, 0.05) is 23.6 Å². The number of aliphatic hydroxyl groups excluding tert-OH is 1. The number of fused-ring (bicyclic) bond motifs is 1. The average molecular weight is 451 g/mol. The summed E-state index contributed by atoms with van der Waals surface area (Å²) < 4.78 is 5.77. The molecule has 0 spiro atoms. The molecule has 7 nitrogen and oxygen atoms in total. The van der Waals surface area contributed by atoms with Crippen LogP contribution in [0.15, 0.2) is 42.5 Å². The van der Waals surface area contributed by atoms with E-state index in [1.165, 1.54) is 4.90 Å². The minimum atomic E-state index is -0.858. The monoisotopic (exact) mass is 450 g/mol. The largest absolute Gasteiger partial charge is 0.493 e. The van der Waals surface area contributed by atoms with Crippen molar-refractivity contribution < 1.29 is 14.6 Å². The molecule has 1 saturated heterocycles. The van der Waals surface area contributed by atoms with Crippen molar-refractivity contribution in [2.75, 3.05) is 6.61 Å². The fourth-order valence-electron chi connectivity index (χ4n) is 4.73. The topological polar surface area (TPSA) is 97.7 Å². The fourth-order valence-corrected chi connectivity index (χ4v) is 4.73. The normalized spacial score (nSPS) is 20.6. The molecule has 33 heavy (non-hydrogen) atoms. The molecule has 0 bridgehead atoms. The van der Waals surface area contributed by atoms with Crippen LogP contribution in [0.1, 0.15) is 74.1 Å². The molecule has 0 aliphatic carbocycles. The van der Waals surface area contributed by atoms with E-state index < -0.39 is 6.23 Å². The van der Waals surface area contributed by atoms with Crippen LogP contribution >= 0.6 is 0 Å². The predicted octanol–water partition coefficient (Wildman–Crippen LogP) is 3.91. The van der Waals surface area contributed by atoms with Crippen molar-refractivity contribution in [2.45, 2.75) is 70.8 Å². The van der Waals surface area contributed by atoms with Crippen LogP contribution in [0.4, 0.5) is 0 Å². The Morgan fingerprint density at radius 3 is 2.79 bits per heavy atom. The van der Waals surface area contributed by atoms with Gasteiger partial charge in [-0.15, -0.1) is 0 Å². The molecule has 4 N–H and O–H groups in total. The smallest absolute Gasteiger partial charge is 0.231 e. The summed E-state index contributed by atoms with van der Waals surface area (Å²) in [6.45, 7) is 7.04. The highest BCUT2D eigenvalue weighted by molar-refractivity contribution is 5.99. The summed E-state index contributed by atoms with van der Waals surface area (Å²) in [4.78, 5) is 14.3. The van der Waals surface area contributed by atoms with Gasteiger partial charge in [0.25, 0.3) is 0 Å². The number of nitrogens with zero attached hydrogens (tertiary/aromatic N) is 1. The van der Waals surface area contributed by atoms with E-state index in [-0.39, 0.29) is 23.4 Å². The summed E-state index contributed by atoms with van der Waals surface area (Å²) in [5.74, 6) is 0.962. The lowest BCUT2D eigenvalue weighted by Crippen LogP contribution is -2.61. The number of hydrogen-bond donors (Lipinski definition) is 4. The minimum absolute atomic E-state index is 0.00966. The number of carbonyl (C=O) groups excluding carboxylic acids is 1. The van der Waals surface area contributed by atoms with Crippen molar-refractivity contribution in [3.8, 4) is 5.75 Å². The lowest BCUT2D eigenvalue weighted by molar-refractivity contribution is -0.131. The molecule has 1 amide bonds. The van der Waals surface area contributed by atoms with Gasteiger partial charge in [0.1, 0.15) is 12.0 Å². The summed E-state index contributed by atoms with van der Waals surface area (Å²) in [5, 5.41) is 25.9. The highest BCUT2D eigenvalue weighted by Gasteiger charge is 2.38. The average Bonchev–Trinajstić information content (AvgIpc) is 2.82. The van der Waals surface area contributed by atoms with Crippen molar-refractivity contribution in [1.82, 2.24) is 15.5 Å². The van der Waals surface area contributed by atoms with Gasteiger partial charge in [-0.25, -0.2) is 0 Å². The number of aryl methyl sites for hydroxylation is 1. The van der Waals surface area contributed by atoms with Gasteiger partial charge >= 0.3 is 0 Å². The van der Waals surface area contributed by atoms with E-state index in [4.69, 9.17) is 10.1 Å². The molecule has 2 heterocycles. The van der Waals surface area contributed by atoms with Gasteiger partial charge in [0.05, 0.1) is 19.6 Å². The lowest BCUT2D eigenvalue weighted by atomic mass is 9.87. The third kappa shape index (κ3) is 4.89. The van der Waals surface area contributed by atoms with Gasteiger partial charge in [-0.1, -0.05) is 55.8 Å². The molecule has 0 aromatic heterocycles. The molecule has 2 atom stereocenters. The maximum absolute atomic E-state index is 12.8. The molecule has 2 aromatic carbocycles. The zero-order valence-electron chi connectivity index (χ0n) is 19.6. The Balaban J connectivity index is 1.46. The highest BCUT2D eigenvalue weighted by Crippen LogP contribution is 2.34. The quantitative estimate of drug-likeness (QED) is 0.480. The van der Waals surface area contributed by atoms with Crippen LogP contribution < -0.4 is 15.4 Å². The summed E-state index contributed by atoms with van der Waals surface area (Å²) in [6, 6.07) is 13.7. The molecular formula is C26H34N4O3. The van der Waals surface area contributed by atoms with Crippen molar-refractivity contribution in [1.29, 1.82) is 5.41 Å². The molecule has 2 aliphatic heterocycles. The van der Waals surface area contributed by atoms with Crippen LogP contribution in [0, 0.1) is 12.3 Å². The summed E-state index contributed by atoms with van der Waals surface area (Å²) >= 11 is 0. The van der Waals surface area contributed by atoms with E-state index in [0.29, 0.717) is 19.6 Å². The molecular weight excluding hydrogens is 416 g/mol. The lowest BCUT2D eigenvalue weighted by Gasteiger charge is -2.42. The molecule has 0 saturated carbocycles. The zero-order chi connectivity index (χ0) is 23.6. The van der Waals surface area contributed by atoms with Crippen LogP contribution in [-0.2, 0) is 11.3 Å². The van der Waals surface area contributed by atoms with Gasteiger partial charge in [-0.2, -0.15) is 0 Å². The molecule has 2 aromatic rings. The number of hydrogen-bond acceptors (Lipinski definition) is 5. The first kappa shape index (κ1) is 23.3. The molecule has 1 fully saturated rings. The van der Waals surface area contributed by atoms with E-state index in [2.05, 4.69) is 16.7 Å². The first-order chi connectivity index (χ1) is 15.8. The van der Waals surface area contributed by atoms with Crippen molar-refractivity contribution in [2.24, 2.45) is 0 Å². The molecule has 176 valence electrons. The number of nitrogens with one attached hydrogen (secondary N) is 3. The number of aliphatic hydroxyl groups is 1. The molecule has 2 unspecified atom stereocenters. The van der Waals surface area contributed by atoms with Crippen molar-refractivity contribution in [3.63, 3.8) is 0 Å².